The summed E-state index contributed by atoms with van der Waals surface area (Å²) in [6.45, 7) is 2.09. The first kappa shape index (κ1) is 14.9. The Hall–Kier alpha value is -1.98. The second kappa shape index (κ2) is 6.42. The molecule has 4 nitrogen and oxygen atoms in total. The number of carbonyl (C=O) groups excluding carboxylic acids is 1. The van der Waals surface area contributed by atoms with Crippen LogP contribution in [0.2, 0.25) is 0 Å². The highest BCUT2D eigenvalue weighted by Gasteiger charge is 2.20. The van der Waals surface area contributed by atoms with Crippen molar-refractivity contribution in [3.8, 4) is 11.3 Å². The Morgan fingerprint density at radius 1 is 1.45 bits per heavy atom. The largest absolute Gasteiger partial charge is 0.396 e. The molecule has 0 bridgehead atoms. The van der Waals surface area contributed by atoms with Gasteiger partial charge < -0.3 is 10.4 Å². The van der Waals surface area contributed by atoms with Crippen LogP contribution in [-0.4, -0.2) is 28.6 Å². The van der Waals surface area contributed by atoms with Gasteiger partial charge in [0.2, 0.25) is 0 Å². The number of aryl methyl sites for hydroxylation is 1. The second-order valence-corrected chi connectivity index (χ2v) is 6.54. The zero-order valence-corrected chi connectivity index (χ0v) is 13.1. The van der Waals surface area contributed by atoms with Gasteiger partial charge in [0.25, 0.3) is 5.91 Å². The van der Waals surface area contributed by atoms with E-state index in [1.807, 2.05) is 42.7 Å². The minimum atomic E-state index is -0.0953. The highest BCUT2D eigenvalue weighted by atomic mass is 32.1. The van der Waals surface area contributed by atoms with Gasteiger partial charge in [-0.05, 0) is 25.5 Å². The molecule has 0 radical (unpaired) electrons. The van der Waals surface area contributed by atoms with Crippen LogP contribution in [0.5, 0.6) is 0 Å². The summed E-state index contributed by atoms with van der Waals surface area (Å²) in [6, 6.07) is 7.50. The fraction of sp³-hybridized carbons (Fsp3) is 0.294. The van der Waals surface area contributed by atoms with Crippen LogP contribution in [0.1, 0.15) is 21.8 Å². The fourth-order valence-electron chi connectivity index (χ4n) is 2.58. The van der Waals surface area contributed by atoms with Gasteiger partial charge in [0.1, 0.15) is 0 Å². The first-order valence-electron chi connectivity index (χ1n) is 7.28. The molecule has 1 aromatic heterocycles. The van der Waals surface area contributed by atoms with Crippen LogP contribution in [0.25, 0.3) is 11.3 Å². The van der Waals surface area contributed by atoms with Crippen LogP contribution in [0.15, 0.2) is 41.8 Å². The number of hydrogen-bond donors (Lipinski definition) is 2. The topological polar surface area (TPSA) is 62.2 Å². The van der Waals surface area contributed by atoms with Crippen molar-refractivity contribution < 1.29 is 9.90 Å². The average Bonchev–Trinajstić information content (AvgIpc) is 3.16. The summed E-state index contributed by atoms with van der Waals surface area (Å²) in [5.74, 6) is 0.0525. The molecule has 114 valence electrons. The zero-order valence-electron chi connectivity index (χ0n) is 12.3. The van der Waals surface area contributed by atoms with Crippen LogP contribution < -0.4 is 5.32 Å². The van der Waals surface area contributed by atoms with Crippen molar-refractivity contribution in [3.63, 3.8) is 0 Å². The predicted octanol–water partition coefficient (Wildman–Crippen LogP) is 2.79. The summed E-state index contributed by atoms with van der Waals surface area (Å²) in [5.41, 5.74) is 2.48. The molecule has 2 aromatic rings. The molecule has 22 heavy (non-hydrogen) atoms. The first-order chi connectivity index (χ1) is 10.7. The number of nitrogens with zero attached hydrogens (tertiary/aromatic N) is 1. The van der Waals surface area contributed by atoms with E-state index in [4.69, 9.17) is 5.11 Å². The number of carbonyl (C=O) groups is 1. The summed E-state index contributed by atoms with van der Waals surface area (Å²) in [7, 11) is 0. The average molecular weight is 314 g/mol. The summed E-state index contributed by atoms with van der Waals surface area (Å²) >= 11 is 1.60. The molecule has 1 aromatic carbocycles. The molecular weight excluding hydrogens is 296 g/mol. The molecule has 0 aliphatic heterocycles. The Morgan fingerprint density at radius 3 is 3.00 bits per heavy atom. The number of aliphatic hydroxyl groups is 1. The van der Waals surface area contributed by atoms with Crippen molar-refractivity contribution in [2.45, 2.75) is 19.4 Å². The van der Waals surface area contributed by atoms with E-state index in [0.29, 0.717) is 5.56 Å². The molecule has 1 aliphatic rings. The Labute approximate surface area is 133 Å². The van der Waals surface area contributed by atoms with Gasteiger partial charge in [-0.1, -0.05) is 24.3 Å². The molecule has 1 aliphatic carbocycles. The summed E-state index contributed by atoms with van der Waals surface area (Å²) in [5, 5.41) is 15.1. The van der Waals surface area contributed by atoms with E-state index >= 15 is 0 Å². The molecule has 5 heteroatoms. The standard InChI is InChI=1S/C17H18N2O2S/c1-11-18-16(10-22-11)13-3-2-4-14(8-13)17(21)19-15-6-5-12(7-15)9-20/h2-6,8,10,12,15,20H,7,9H2,1H3,(H,19,21)/t12-,15+/m0/s1. The minimum Gasteiger partial charge on any atom is -0.396 e. The third kappa shape index (κ3) is 3.26. The molecule has 1 amide bonds. The minimum absolute atomic E-state index is 0.00479. The molecule has 0 unspecified atom stereocenters. The number of thiazole rings is 1. The smallest absolute Gasteiger partial charge is 0.251 e. The maximum absolute atomic E-state index is 12.4. The maximum Gasteiger partial charge on any atom is 0.251 e. The lowest BCUT2D eigenvalue weighted by atomic mass is 10.1. The molecule has 2 N–H and O–H groups in total. The number of aromatic nitrogens is 1. The molecule has 0 saturated heterocycles. The lowest BCUT2D eigenvalue weighted by molar-refractivity contribution is 0.0941. The maximum atomic E-state index is 12.4. The zero-order chi connectivity index (χ0) is 15.5. The molecule has 2 atom stereocenters. The third-order valence-electron chi connectivity index (χ3n) is 3.76. The van der Waals surface area contributed by atoms with E-state index in [9.17, 15) is 4.79 Å². The highest BCUT2D eigenvalue weighted by molar-refractivity contribution is 7.09. The van der Waals surface area contributed by atoms with Gasteiger partial charge in [0.05, 0.1) is 10.7 Å². The van der Waals surface area contributed by atoms with Crippen molar-refractivity contribution in [3.05, 3.63) is 52.4 Å². The van der Waals surface area contributed by atoms with Gasteiger partial charge in [-0.3, -0.25) is 4.79 Å². The number of rotatable bonds is 4. The monoisotopic (exact) mass is 314 g/mol. The van der Waals surface area contributed by atoms with Crippen molar-refractivity contribution in [1.82, 2.24) is 10.3 Å². The van der Waals surface area contributed by atoms with E-state index < -0.39 is 0 Å². The molecule has 0 saturated carbocycles. The molecule has 1 heterocycles. The van der Waals surface area contributed by atoms with Crippen LogP contribution >= 0.6 is 11.3 Å². The van der Waals surface area contributed by atoms with E-state index in [1.165, 1.54) is 0 Å². The van der Waals surface area contributed by atoms with Gasteiger partial charge in [-0.25, -0.2) is 4.98 Å². The van der Waals surface area contributed by atoms with Crippen LogP contribution in [-0.2, 0) is 0 Å². The number of nitrogens with one attached hydrogen (secondary N) is 1. The number of benzene rings is 1. The fourth-order valence-corrected chi connectivity index (χ4v) is 3.21. The lowest BCUT2D eigenvalue weighted by Gasteiger charge is -2.13. The van der Waals surface area contributed by atoms with Gasteiger partial charge in [-0.2, -0.15) is 0 Å². The Bertz CT molecular complexity index is 708. The first-order valence-corrected chi connectivity index (χ1v) is 8.16. The van der Waals surface area contributed by atoms with Crippen LogP contribution in [0, 0.1) is 12.8 Å². The molecular formula is C17H18N2O2S. The summed E-state index contributed by atoms with van der Waals surface area (Å²) in [6.07, 6.45) is 4.67. The van der Waals surface area contributed by atoms with E-state index in [2.05, 4.69) is 10.3 Å². The van der Waals surface area contributed by atoms with Gasteiger partial charge in [0.15, 0.2) is 0 Å². The number of hydrogen-bond acceptors (Lipinski definition) is 4. The van der Waals surface area contributed by atoms with Crippen LogP contribution in [0.4, 0.5) is 0 Å². The van der Waals surface area contributed by atoms with Gasteiger partial charge in [-0.15, -0.1) is 11.3 Å². The van der Waals surface area contributed by atoms with Crippen molar-refractivity contribution in [2.75, 3.05) is 6.61 Å². The Morgan fingerprint density at radius 2 is 2.32 bits per heavy atom. The van der Waals surface area contributed by atoms with Crippen molar-refractivity contribution in [2.24, 2.45) is 5.92 Å². The molecule has 3 rings (SSSR count). The van der Waals surface area contributed by atoms with Crippen molar-refractivity contribution in [1.29, 1.82) is 0 Å². The number of aliphatic hydroxyl groups excluding tert-OH is 1. The predicted molar refractivity (Wildman–Crippen MR) is 87.9 cm³/mol. The summed E-state index contributed by atoms with van der Waals surface area (Å²) < 4.78 is 0. The quantitative estimate of drug-likeness (QED) is 0.853. The normalized spacial score (nSPS) is 20.3. The van der Waals surface area contributed by atoms with E-state index in [1.54, 1.807) is 17.4 Å². The molecule has 0 spiro atoms. The second-order valence-electron chi connectivity index (χ2n) is 5.48. The van der Waals surface area contributed by atoms with E-state index in [0.717, 1.165) is 22.7 Å². The summed E-state index contributed by atoms with van der Waals surface area (Å²) in [4.78, 5) is 16.8. The van der Waals surface area contributed by atoms with E-state index in [-0.39, 0.29) is 24.5 Å². The highest BCUT2D eigenvalue weighted by Crippen LogP contribution is 2.23. The Kier molecular flexibility index (Phi) is 4.36. The number of amides is 1. The molecule has 0 fully saturated rings. The van der Waals surface area contributed by atoms with Crippen molar-refractivity contribution >= 4 is 17.2 Å². The lowest BCUT2D eigenvalue weighted by Crippen LogP contribution is -2.32. The SMILES string of the molecule is Cc1nc(-c2cccc(C(=O)N[C@@H]3C=C[C@H](CO)C3)c2)cs1. The third-order valence-corrected chi connectivity index (χ3v) is 4.54. The van der Waals surface area contributed by atoms with Gasteiger partial charge >= 0.3 is 0 Å². The van der Waals surface area contributed by atoms with Gasteiger partial charge in [0, 0.05) is 35.1 Å². The Balaban J connectivity index is 1.72. The van der Waals surface area contributed by atoms with Crippen LogP contribution in [0.3, 0.4) is 0 Å².